The number of methoxy groups -OCH3 is 1. The number of ketones is 1. The molecule has 4 N–H and O–H groups in total. The minimum atomic E-state index is -0.807. The number of phenolic OH excluding ortho intramolecular Hbond substituents is 1. The number of para-hydroxylation sites is 1. The van der Waals surface area contributed by atoms with E-state index in [4.69, 9.17) is 25.8 Å². The molecular weight excluding hydrogens is 812 g/mol. The number of hydrogen-bond acceptors (Lipinski definition) is 10. The van der Waals surface area contributed by atoms with Gasteiger partial charge in [0.05, 0.1) is 36.2 Å². The molecule has 2 aliphatic heterocycles. The highest BCUT2D eigenvalue weighted by atomic mass is 35.5. The Hall–Kier alpha value is -5.89. The second kappa shape index (κ2) is 20.8. The number of rotatable bonds is 15. The number of benzene rings is 4. The highest BCUT2D eigenvalue weighted by Gasteiger charge is 2.29. The summed E-state index contributed by atoms with van der Waals surface area (Å²) in [6.45, 7) is 3.34. The molecule has 2 fully saturated rings. The van der Waals surface area contributed by atoms with E-state index in [1.54, 1.807) is 24.3 Å². The van der Waals surface area contributed by atoms with Crippen molar-refractivity contribution >= 4 is 52.9 Å². The molecule has 0 aromatic heterocycles. The minimum Gasteiger partial charge on any atom is -0.508 e. The maximum absolute atomic E-state index is 13.1. The zero-order valence-corrected chi connectivity index (χ0v) is 35.6. The number of phenols is 1. The normalized spacial score (nSPS) is 17.0. The first-order chi connectivity index (χ1) is 30.0. The molecule has 0 radical (unpaired) electrons. The summed E-state index contributed by atoms with van der Waals surface area (Å²) >= 11 is 6.59. The predicted molar refractivity (Wildman–Crippen MR) is 237 cm³/mol. The van der Waals surface area contributed by atoms with E-state index in [9.17, 15) is 29.4 Å². The number of aliphatic hydroxyl groups is 1. The van der Waals surface area contributed by atoms with Crippen LogP contribution in [0.3, 0.4) is 0 Å². The number of halogens is 1. The van der Waals surface area contributed by atoms with E-state index in [-0.39, 0.29) is 42.5 Å². The van der Waals surface area contributed by atoms with Crippen LogP contribution in [0.4, 0.5) is 21.0 Å². The fourth-order valence-corrected chi connectivity index (χ4v) is 8.65. The first kappa shape index (κ1) is 44.2. The van der Waals surface area contributed by atoms with Crippen LogP contribution in [0.1, 0.15) is 66.9 Å². The number of aliphatic hydroxyl groups excluding tert-OH is 1. The molecule has 14 heteroatoms. The molecule has 1 aliphatic carbocycles. The molecule has 0 bridgehead atoms. The summed E-state index contributed by atoms with van der Waals surface area (Å²) in [6, 6.07) is 24.1. The van der Waals surface area contributed by atoms with Crippen molar-refractivity contribution in [3.05, 3.63) is 112 Å². The van der Waals surface area contributed by atoms with Crippen LogP contribution in [0.2, 0.25) is 5.02 Å². The standard InChI is InChI=1S/C48H53ClN4O9/c1-60-45-28-42(40(49)26-33(45)10-7-13-43(55)38-16-17-44(56)39-27-34(54)14-15-37(38)39)51-47(58)61-30-31-18-25-53(29-31)46(57)21-24-52-22-19-35(20-23-52)62-48(59)50-41-12-6-5-11-36(41)32-8-3-2-4-9-32/h2-6,8-9,11-12,14-17,26,28,31,35,43,55-56H,7,10,13,18-25,27,29-30H2,1H3,(H,50,59)(H,51,58)/t31-,43+/m1/s1. The van der Waals surface area contributed by atoms with Gasteiger partial charge in [-0.15, -0.1) is 0 Å². The van der Waals surface area contributed by atoms with Gasteiger partial charge in [-0.2, -0.15) is 0 Å². The number of nitrogens with one attached hydrogen (secondary N) is 2. The maximum Gasteiger partial charge on any atom is 0.411 e. The average Bonchev–Trinajstić information content (AvgIpc) is 3.76. The van der Waals surface area contributed by atoms with Gasteiger partial charge in [0, 0.05) is 68.7 Å². The number of allylic oxidation sites excluding steroid dienone is 1. The fraction of sp³-hybridized carbons (Fsp3) is 0.375. The van der Waals surface area contributed by atoms with Crippen molar-refractivity contribution in [3.63, 3.8) is 0 Å². The number of likely N-dealkylation sites (tertiary alicyclic amines) is 2. The quantitative estimate of drug-likeness (QED) is 0.0911. The number of aromatic hydroxyl groups is 1. The Balaban J connectivity index is 0.791. The van der Waals surface area contributed by atoms with Crippen molar-refractivity contribution in [2.45, 2.75) is 63.6 Å². The lowest BCUT2D eigenvalue weighted by Crippen LogP contribution is -2.40. The lowest BCUT2D eigenvalue weighted by atomic mass is 9.88. The van der Waals surface area contributed by atoms with Gasteiger partial charge in [-0.3, -0.25) is 20.2 Å². The number of nitrogens with zero attached hydrogens (tertiary/aromatic N) is 2. The summed E-state index contributed by atoms with van der Waals surface area (Å²) < 4.78 is 16.9. The molecule has 13 nitrogen and oxygen atoms in total. The van der Waals surface area contributed by atoms with Crippen LogP contribution >= 0.6 is 11.6 Å². The zero-order valence-electron chi connectivity index (χ0n) is 34.8. The van der Waals surface area contributed by atoms with Gasteiger partial charge < -0.3 is 34.2 Å². The van der Waals surface area contributed by atoms with E-state index >= 15 is 0 Å². The van der Waals surface area contributed by atoms with Gasteiger partial charge in [0.25, 0.3) is 0 Å². The van der Waals surface area contributed by atoms with Crippen molar-refractivity contribution in [1.29, 1.82) is 0 Å². The van der Waals surface area contributed by atoms with E-state index in [1.807, 2.05) is 59.5 Å². The topological polar surface area (TPSA) is 167 Å². The van der Waals surface area contributed by atoms with Crippen molar-refractivity contribution in [3.8, 4) is 22.6 Å². The Labute approximate surface area is 366 Å². The lowest BCUT2D eigenvalue weighted by Gasteiger charge is -2.31. The highest BCUT2D eigenvalue weighted by molar-refractivity contribution is 6.33. The van der Waals surface area contributed by atoms with Crippen LogP contribution in [0.15, 0.2) is 84.9 Å². The molecule has 3 amide bonds. The van der Waals surface area contributed by atoms with Gasteiger partial charge in [-0.05, 0) is 85.1 Å². The van der Waals surface area contributed by atoms with Crippen LogP contribution in [-0.4, -0.2) is 96.4 Å². The van der Waals surface area contributed by atoms with E-state index in [1.165, 1.54) is 19.3 Å². The van der Waals surface area contributed by atoms with Gasteiger partial charge >= 0.3 is 12.2 Å². The molecule has 4 aromatic carbocycles. The van der Waals surface area contributed by atoms with Crippen LogP contribution < -0.4 is 15.4 Å². The molecule has 0 saturated carbocycles. The molecule has 2 heterocycles. The summed E-state index contributed by atoms with van der Waals surface area (Å²) in [5, 5.41) is 27.2. The van der Waals surface area contributed by atoms with Crippen LogP contribution in [0.5, 0.6) is 11.5 Å². The summed E-state index contributed by atoms with van der Waals surface area (Å²) in [4.78, 5) is 54.7. The summed E-state index contributed by atoms with van der Waals surface area (Å²) in [7, 11) is 1.53. The molecule has 2 saturated heterocycles. The Morgan fingerprint density at radius 3 is 2.45 bits per heavy atom. The van der Waals surface area contributed by atoms with E-state index in [0.717, 1.165) is 36.2 Å². The zero-order chi connectivity index (χ0) is 43.6. The third-order valence-corrected chi connectivity index (χ3v) is 12.1. The van der Waals surface area contributed by atoms with Crippen LogP contribution in [-0.2, 0) is 31.9 Å². The number of piperidine rings is 1. The van der Waals surface area contributed by atoms with E-state index < -0.39 is 18.3 Å². The Bertz CT molecular complexity index is 2280. The largest absolute Gasteiger partial charge is 0.508 e. The summed E-state index contributed by atoms with van der Waals surface area (Å²) in [5.41, 5.74) is 5.62. The molecule has 326 valence electrons. The molecule has 4 aromatic rings. The molecule has 7 rings (SSSR count). The van der Waals surface area contributed by atoms with Gasteiger partial charge in [-0.25, -0.2) is 9.59 Å². The third-order valence-electron chi connectivity index (χ3n) is 11.8. The van der Waals surface area contributed by atoms with Crippen molar-refractivity contribution in [2.75, 3.05) is 57.1 Å². The number of anilines is 2. The van der Waals surface area contributed by atoms with Crippen molar-refractivity contribution in [2.24, 2.45) is 5.92 Å². The van der Waals surface area contributed by atoms with Crippen LogP contribution in [0.25, 0.3) is 17.2 Å². The number of ether oxygens (including phenoxy) is 3. The Kier molecular flexibility index (Phi) is 14.8. The smallest absolute Gasteiger partial charge is 0.411 e. The van der Waals surface area contributed by atoms with E-state index in [0.29, 0.717) is 97.0 Å². The molecule has 62 heavy (non-hydrogen) atoms. The average molecular weight is 865 g/mol. The van der Waals surface area contributed by atoms with Gasteiger partial charge in [0.1, 0.15) is 17.6 Å². The molecule has 2 atom stereocenters. The van der Waals surface area contributed by atoms with Gasteiger partial charge in [0.15, 0.2) is 5.78 Å². The summed E-state index contributed by atoms with van der Waals surface area (Å²) in [5.74, 6) is 0.539. The number of hydrogen-bond donors (Lipinski definition) is 4. The monoisotopic (exact) mass is 864 g/mol. The second-order valence-corrected chi connectivity index (χ2v) is 16.5. The number of aryl methyl sites for hydroxylation is 1. The minimum absolute atomic E-state index is 0.0109. The summed E-state index contributed by atoms with van der Waals surface area (Å²) in [6.07, 6.45) is 5.09. The van der Waals surface area contributed by atoms with Gasteiger partial charge in [0.2, 0.25) is 5.91 Å². The first-order valence-electron chi connectivity index (χ1n) is 21.2. The van der Waals surface area contributed by atoms with E-state index in [2.05, 4.69) is 15.5 Å². The lowest BCUT2D eigenvalue weighted by molar-refractivity contribution is -0.130. The molecule has 0 unspecified atom stereocenters. The highest BCUT2D eigenvalue weighted by Crippen LogP contribution is 2.36. The first-order valence-corrected chi connectivity index (χ1v) is 21.6. The maximum atomic E-state index is 13.1. The molecule has 3 aliphatic rings. The third kappa shape index (κ3) is 11.3. The number of fused-ring (bicyclic) bond motifs is 1. The second-order valence-electron chi connectivity index (χ2n) is 16.0. The van der Waals surface area contributed by atoms with Crippen LogP contribution in [0, 0.1) is 5.92 Å². The predicted octanol–water partition coefficient (Wildman–Crippen LogP) is 8.42. The number of carbonyl (C=O) groups is 4. The Morgan fingerprint density at radius 2 is 1.66 bits per heavy atom. The van der Waals surface area contributed by atoms with Crippen molar-refractivity contribution < 1.29 is 43.6 Å². The van der Waals surface area contributed by atoms with Gasteiger partial charge in [-0.1, -0.05) is 72.3 Å². The SMILES string of the molecule is COc1cc(NC(=O)OC[C@@H]2CCN(C(=O)CCN3CCC(OC(=O)Nc4ccccc4-c4ccccc4)CC3)C2)c(Cl)cc1CCC[C@H](O)c1ccc(O)c2c1C=CC(=O)C2. The van der Waals surface area contributed by atoms with Crippen molar-refractivity contribution in [1.82, 2.24) is 9.80 Å². The Morgan fingerprint density at radius 1 is 0.903 bits per heavy atom. The number of amides is 3. The fourth-order valence-electron chi connectivity index (χ4n) is 8.42. The molecule has 0 spiro atoms. The molecular formula is C48H53ClN4O9. The number of carbonyl (C=O) groups excluding carboxylic acids is 4.